The van der Waals surface area contributed by atoms with Crippen molar-refractivity contribution in [2.75, 3.05) is 7.05 Å². The molecular formula is C14H19F2N7O3S. The van der Waals surface area contributed by atoms with E-state index in [1.165, 1.54) is 19.2 Å². The zero-order valence-corrected chi connectivity index (χ0v) is 15.1. The molecule has 0 bridgehead atoms. The number of hydrogen-bond donors (Lipinski definition) is 4. The van der Waals surface area contributed by atoms with Gasteiger partial charge in [-0.15, -0.1) is 5.10 Å². The van der Waals surface area contributed by atoms with Crippen LogP contribution in [0.15, 0.2) is 40.3 Å². The zero-order chi connectivity index (χ0) is 20.2. The lowest BCUT2D eigenvalue weighted by Gasteiger charge is -2.10. The minimum atomic E-state index is -4.00. The van der Waals surface area contributed by atoms with Crippen molar-refractivity contribution in [1.82, 2.24) is 20.0 Å². The minimum absolute atomic E-state index is 0.0520. The van der Waals surface area contributed by atoms with Crippen molar-refractivity contribution >= 4 is 16.0 Å². The maximum Gasteiger partial charge on any atom is 0.320 e. The highest BCUT2D eigenvalue weighted by atomic mass is 32.2. The Bertz CT molecular complexity index is 914. The van der Waals surface area contributed by atoms with E-state index in [2.05, 4.69) is 15.4 Å². The van der Waals surface area contributed by atoms with E-state index in [1.807, 2.05) is 0 Å². The van der Waals surface area contributed by atoms with Crippen LogP contribution < -0.4 is 16.9 Å². The fourth-order valence-electron chi connectivity index (χ4n) is 2.34. The number of fused-ring (bicyclic) bond motifs is 1. The number of halogens is 2. The summed E-state index contributed by atoms with van der Waals surface area (Å²) >= 11 is 0. The van der Waals surface area contributed by atoms with Gasteiger partial charge in [-0.2, -0.15) is 17.2 Å². The average molecular weight is 403 g/mol. The Hall–Kier alpha value is -2.61. The molecule has 0 aliphatic carbocycles. The lowest BCUT2D eigenvalue weighted by Crippen LogP contribution is -2.28. The van der Waals surface area contributed by atoms with Crippen LogP contribution in [-0.4, -0.2) is 40.5 Å². The maximum absolute atomic E-state index is 13.0. The molecule has 0 saturated heterocycles. The summed E-state index contributed by atoms with van der Waals surface area (Å²) in [6.07, 6.45) is 0. The van der Waals surface area contributed by atoms with E-state index in [-0.39, 0.29) is 16.6 Å². The second kappa shape index (κ2) is 8.39. The number of hydrazine groups is 1. The topological polar surface area (TPSA) is 152 Å². The highest BCUT2D eigenvalue weighted by Gasteiger charge is 2.27. The molecule has 1 aliphatic heterocycles. The number of rotatable bonds is 4. The van der Waals surface area contributed by atoms with Crippen LogP contribution in [0.25, 0.3) is 0 Å². The lowest BCUT2D eigenvalue weighted by atomic mass is 10.4. The molecule has 6 N–H and O–H groups in total. The van der Waals surface area contributed by atoms with Gasteiger partial charge < -0.3 is 11.1 Å². The molecular weight excluding hydrogens is 384 g/mol. The minimum Gasteiger partial charge on any atom is -0.379 e. The Morgan fingerprint density at radius 3 is 2.48 bits per heavy atom. The van der Waals surface area contributed by atoms with Gasteiger partial charge in [0, 0.05) is 20.1 Å². The number of nitrogens with one attached hydrogen (secondary N) is 1. The molecule has 148 valence electrons. The standard InChI is InChI=1S/C8H13F2N7.C6H6O3S/c1-16(12)15-6(11)7-14-4-2-13-3-5(4)17(7)8(9)10;7-10(8,9)6-4-2-1-3-5-6/h8,13H,2-3,12H2,1H3,(H2,11,15);1-5H,(H,7,8,9). The molecule has 0 fully saturated rings. The highest BCUT2D eigenvalue weighted by Crippen LogP contribution is 2.23. The fourth-order valence-corrected chi connectivity index (χ4v) is 2.84. The van der Waals surface area contributed by atoms with Crippen LogP contribution in [0.1, 0.15) is 23.8 Å². The van der Waals surface area contributed by atoms with Gasteiger partial charge in [0.25, 0.3) is 10.1 Å². The molecule has 0 saturated carbocycles. The first-order valence-corrected chi connectivity index (χ1v) is 8.99. The summed E-state index contributed by atoms with van der Waals surface area (Å²) < 4.78 is 55.9. The van der Waals surface area contributed by atoms with Crippen molar-refractivity contribution in [2.45, 2.75) is 24.5 Å². The van der Waals surface area contributed by atoms with Gasteiger partial charge >= 0.3 is 6.55 Å². The monoisotopic (exact) mass is 403 g/mol. The third kappa shape index (κ3) is 5.19. The maximum atomic E-state index is 13.0. The summed E-state index contributed by atoms with van der Waals surface area (Å²) in [5.74, 6) is 5.09. The van der Waals surface area contributed by atoms with Gasteiger partial charge in [0.05, 0.1) is 16.3 Å². The number of hydrogen-bond acceptors (Lipinski definition) is 7. The number of imidazole rings is 1. The second-order valence-corrected chi connectivity index (χ2v) is 6.85. The van der Waals surface area contributed by atoms with Crippen LogP contribution >= 0.6 is 0 Å². The van der Waals surface area contributed by atoms with Crippen molar-refractivity contribution < 1.29 is 21.8 Å². The van der Waals surface area contributed by atoms with Gasteiger partial charge in [-0.3, -0.25) is 9.12 Å². The predicted molar refractivity (Wildman–Crippen MR) is 93.0 cm³/mol. The summed E-state index contributed by atoms with van der Waals surface area (Å²) in [7, 11) is -2.56. The summed E-state index contributed by atoms with van der Waals surface area (Å²) in [6, 6.07) is 7.42. The molecule has 13 heteroatoms. The van der Waals surface area contributed by atoms with Crippen LogP contribution in [-0.2, 0) is 23.2 Å². The second-order valence-electron chi connectivity index (χ2n) is 5.43. The van der Waals surface area contributed by atoms with Crippen molar-refractivity contribution in [2.24, 2.45) is 16.7 Å². The number of hydrazone groups is 1. The van der Waals surface area contributed by atoms with E-state index in [0.29, 0.717) is 24.5 Å². The zero-order valence-electron chi connectivity index (χ0n) is 14.2. The van der Waals surface area contributed by atoms with Crippen molar-refractivity contribution in [3.8, 4) is 0 Å². The van der Waals surface area contributed by atoms with Gasteiger partial charge in [0.2, 0.25) is 0 Å². The summed E-state index contributed by atoms with van der Waals surface area (Å²) in [4.78, 5) is 3.97. The predicted octanol–water partition coefficient (Wildman–Crippen LogP) is 0.241. The van der Waals surface area contributed by atoms with Gasteiger partial charge in [-0.05, 0) is 12.1 Å². The number of benzene rings is 1. The first-order chi connectivity index (χ1) is 12.6. The first kappa shape index (κ1) is 20.7. The SMILES string of the molecule is CN(N)/N=C(\N)c1nc2c(n1C(F)F)CNC2.O=S(=O)(O)c1ccccc1. The summed E-state index contributed by atoms with van der Waals surface area (Å²) in [5.41, 5.74) is 6.59. The molecule has 1 aromatic carbocycles. The van der Waals surface area contributed by atoms with E-state index in [0.717, 1.165) is 9.69 Å². The highest BCUT2D eigenvalue weighted by molar-refractivity contribution is 7.85. The molecule has 0 amide bonds. The Labute approximate surface area is 154 Å². The van der Waals surface area contributed by atoms with Crippen LogP contribution in [0.4, 0.5) is 8.78 Å². The molecule has 3 rings (SSSR count). The molecule has 0 atom stereocenters. The Morgan fingerprint density at radius 2 is 2.00 bits per heavy atom. The molecule has 10 nitrogen and oxygen atoms in total. The largest absolute Gasteiger partial charge is 0.379 e. The third-order valence-electron chi connectivity index (χ3n) is 3.41. The van der Waals surface area contributed by atoms with Gasteiger partial charge in [0.1, 0.15) is 0 Å². The summed E-state index contributed by atoms with van der Waals surface area (Å²) in [6.45, 7) is -1.91. The normalized spacial score (nSPS) is 13.9. The Balaban J connectivity index is 0.000000223. The van der Waals surface area contributed by atoms with E-state index in [9.17, 15) is 17.2 Å². The molecule has 0 unspecified atom stereocenters. The quantitative estimate of drug-likeness (QED) is 0.186. The lowest BCUT2D eigenvalue weighted by molar-refractivity contribution is 0.0666. The van der Waals surface area contributed by atoms with Gasteiger partial charge in [0.15, 0.2) is 11.7 Å². The number of alkyl halides is 2. The smallest absolute Gasteiger partial charge is 0.320 e. The van der Waals surface area contributed by atoms with Gasteiger partial charge in [-0.1, -0.05) is 18.2 Å². The van der Waals surface area contributed by atoms with E-state index in [4.69, 9.17) is 16.1 Å². The number of aromatic nitrogens is 2. The van der Waals surface area contributed by atoms with Crippen molar-refractivity contribution in [3.63, 3.8) is 0 Å². The Kier molecular flexibility index (Phi) is 6.43. The molecule has 2 aromatic rings. The van der Waals surface area contributed by atoms with Crippen LogP contribution in [0.2, 0.25) is 0 Å². The van der Waals surface area contributed by atoms with Crippen LogP contribution in [0.5, 0.6) is 0 Å². The summed E-state index contributed by atoms with van der Waals surface area (Å²) in [5, 5.41) is 7.56. The molecule has 27 heavy (non-hydrogen) atoms. The third-order valence-corrected chi connectivity index (χ3v) is 4.28. The number of amidine groups is 1. The molecule has 0 radical (unpaired) electrons. The van der Waals surface area contributed by atoms with E-state index < -0.39 is 16.7 Å². The van der Waals surface area contributed by atoms with Crippen LogP contribution in [0.3, 0.4) is 0 Å². The fraction of sp³-hybridized carbons (Fsp3) is 0.286. The van der Waals surface area contributed by atoms with Crippen molar-refractivity contribution in [1.29, 1.82) is 0 Å². The molecule has 2 heterocycles. The number of nitrogens with zero attached hydrogens (tertiary/aromatic N) is 4. The Morgan fingerprint density at radius 1 is 1.37 bits per heavy atom. The number of nitrogens with two attached hydrogens (primary N) is 2. The molecule has 1 aliphatic rings. The van der Waals surface area contributed by atoms with Crippen molar-refractivity contribution in [3.05, 3.63) is 47.5 Å². The van der Waals surface area contributed by atoms with Crippen LogP contribution in [0, 0.1) is 0 Å². The van der Waals surface area contributed by atoms with Gasteiger partial charge in [-0.25, -0.2) is 15.9 Å². The first-order valence-electron chi connectivity index (χ1n) is 7.55. The average Bonchev–Trinajstić information content (AvgIpc) is 3.15. The van der Waals surface area contributed by atoms with E-state index >= 15 is 0 Å². The molecule has 0 spiro atoms. The van der Waals surface area contributed by atoms with E-state index in [1.54, 1.807) is 18.2 Å². The molecule has 1 aromatic heterocycles.